The van der Waals surface area contributed by atoms with Crippen molar-refractivity contribution in [2.45, 2.75) is 44.1 Å². The average molecular weight is 562 g/mol. The van der Waals surface area contributed by atoms with E-state index >= 15 is 0 Å². The fourth-order valence-electron chi connectivity index (χ4n) is 5.43. The highest BCUT2D eigenvalue weighted by Gasteiger charge is 2.48. The van der Waals surface area contributed by atoms with Gasteiger partial charge in [0.25, 0.3) is 10.0 Å². The number of hydrogen-bond acceptors (Lipinski definition) is 4. The molecule has 5 rings (SSSR count). The molecule has 0 amide bonds. The molecular formula is C28H26ClF2NO5S. The van der Waals surface area contributed by atoms with Gasteiger partial charge in [-0.05, 0) is 80.5 Å². The number of rotatable bonds is 6. The fraction of sp³-hybridized carbons (Fsp3) is 0.321. The van der Waals surface area contributed by atoms with Crippen LogP contribution in [0.2, 0.25) is 5.02 Å². The van der Waals surface area contributed by atoms with E-state index in [-0.39, 0.29) is 33.6 Å². The number of anilines is 1. The molecule has 2 aliphatic rings. The minimum atomic E-state index is -4.04. The molecule has 10 heteroatoms. The molecule has 1 aliphatic heterocycles. The number of carboxylic acid groups (broad SMARTS) is 1. The second-order valence-electron chi connectivity index (χ2n) is 10.4. The maximum atomic E-state index is 14.2. The van der Waals surface area contributed by atoms with Gasteiger partial charge in [0, 0.05) is 11.6 Å². The number of carbonyl (C=O) groups is 1. The summed E-state index contributed by atoms with van der Waals surface area (Å²) < 4.78 is 63.4. The van der Waals surface area contributed by atoms with Gasteiger partial charge in [-0.25, -0.2) is 17.2 Å². The number of nitrogens with zero attached hydrogens (tertiary/aromatic N) is 1. The average Bonchev–Trinajstić information content (AvgIpc) is 2.84. The number of hydrogen-bond donors (Lipinski definition) is 1. The maximum Gasteiger partial charge on any atom is 0.309 e. The van der Waals surface area contributed by atoms with E-state index < -0.39 is 39.1 Å². The zero-order chi connectivity index (χ0) is 27.4. The monoisotopic (exact) mass is 561 g/mol. The molecule has 6 nitrogen and oxygen atoms in total. The summed E-state index contributed by atoms with van der Waals surface area (Å²) >= 11 is 6.12. The van der Waals surface area contributed by atoms with Crippen LogP contribution in [-0.4, -0.2) is 32.1 Å². The Morgan fingerprint density at radius 1 is 1.16 bits per heavy atom. The molecule has 1 N–H and O–H groups in total. The SMILES string of the molecule is Cc1cccc(S(=O)(=O)N2C[C@H](CC3CC(C)(C(=O)O)C3)Oc3ccc(-c4cc(F)cc(F)c4Cl)cc32)c1. The highest BCUT2D eigenvalue weighted by Crippen LogP contribution is 2.49. The first-order chi connectivity index (χ1) is 17.9. The van der Waals surface area contributed by atoms with Gasteiger partial charge in [0.05, 0.1) is 27.6 Å². The minimum absolute atomic E-state index is 0.00173. The number of fused-ring (bicyclic) bond motifs is 1. The lowest BCUT2D eigenvalue weighted by Crippen LogP contribution is -2.47. The summed E-state index contributed by atoms with van der Waals surface area (Å²) in [7, 11) is -4.04. The van der Waals surface area contributed by atoms with E-state index in [9.17, 15) is 27.1 Å². The summed E-state index contributed by atoms with van der Waals surface area (Å²) in [5, 5.41) is 9.16. The predicted octanol–water partition coefficient (Wildman–Crippen LogP) is 6.44. The lowest BCUT2D eigenvalue weighted by molar-refractivity contribution is -0.157. The van der Waals surface area contributed by atoms with Crippen LogP contribution in [0.25, 0.3) is 11.1 Å². The minimum Gasteiger partial charge on any atom is -0.486 e. The van der Waals surface area contributed by atoms with E-state index in [2.05, 4.69) is 0 Å². The molecule has 1 saturated carbocycles. The van der Waals surface area contributed by atoms with Crippen LogP contribution in [0.3, 0.4) is 0 Å². The Bertz CT molecular complexity index is 1540. The van der Waals surface area contributed by atoms with Gasteiger partial charge in [-0.2, -0.15) is 0 Å². The molecule has 200 valence electrons. The van der Waals surface area contributed by atoms with Crippen molar-refractivity contribution >= 4 is 33.3 Å². The summed E-state index contributed by atoms with van der Waals surface area (Å²) in [6.07, 6.45) is 0.960. The van der Waals surface area contributed by atoms with E-state index in [1.807, 2.05) is 0 Å². The second kappa shape index (κ2) is 9.54. The fourth-order valence-corrected chi connectivity index (χ4v) is 7.25. The molecule has 38 heavy (non-hydrogen) atoms. The van der Waals surface area contributed by atoms with Crippen LogP contribution in [-0.2, 0) is 14.8 Å². The van der Waals surface area contributed by atoms with Crippen LogP contribution in [0.1, 0.15) is 31.7 Å². The zero-order valence-electron chi connectivity index (χ0n) is 20.7. The van der Waals surface area contributed by atoms with Crippen molar-refractivity contribution in [2.24, 2.45) is 11.3 Å². The normalized spacial score (nSPS) is 22.8. The summed E-state index contributed by atoms with van der Waals surface area (Å²) in [4.78, 5) is 11.6. The molecule has 0 spiro atoms. The van der Waals surface area contributed by atoms with Crippen molar-refractivity contribution in [2.75, 3.05) is 10.8 Å². The van der Waals surface area contributed by atoms with Crippen molar-refractivity contribution < 1.29 is 31.8 Å². The number of ether oxygens (including phenoxy) is 1. The quantitative estimate of drug-likeness (QED) is 0.350. The van der Waals surface area contributed by atoms with Crippen LogP contribution in [0, 0.1) is 29.9 Å². The Hall–Kier alpha value is -3.17. The first kappa shape index (κ1) is 26.4. The molecule has 0 unspecified atom stereocenters. The first-order valence-electron chi connectivity index (χ1n) is 12.2. The van der Waals surface area contributed by atoms with Crippen LogP contribution in [0.15, 0.2) is 59.5 Å². The largest absolute Gasteiger partial charge is 0.486 e. The highest BCUT2D eigenvalue weighted by atomic mass is 35.5. The molecule has 0 radical (unpaired) electrons. The molecule has 3 aromatic rings. The van der Waals surface area contributed by atoms with Crippen LogP contribution in [0.5, 0.6) is 5.75 Å². The van der Waals surface area contributed by atoms with Crippen molar-refractivity contribution in [1.29, 1.82) is 0 Å². The molecule has 1 heterocycles. The van der Waals surface area contributed by atoms with Gasteiger partial charge in [-0.3, -0.25) is 9.10 Å². The van der Waals surface area contributed by atoms with Crippen LogP contribution < -0.4 is 9.04 Å². The van der Waals surface area contributed by atoms with E-state index in [0.29, 0.717) is 36.6 Å². The third-order valence-corrected chi connectivity index (χ3v) is 9.52. The van der Waals surface area contributed by atoms with Gasteiger partial charge < -0.3 is 9.84 Å². The summed E-state index contributed by atoms with van der Waals surface area (Å²) in [6, 6.07) is 13.0. The number of carboxylic acids is 1. The van der Waals surface area contributed by atoms with Gasteiger partial charge in [0.15, 0.2) is 0 Å². The second-order valence-corrected chi connectivity index (χ2v) is 12.6. The Labute approximate surface area is 224 Å². The summed E-state index contributed by atoms with van der Waals surface area (Å²) in [5.41, 5.74) is 0.637. The van der Waals surface area contributed by atoms with Crippen molar-refractivity contribution in [1.82, 2.24) is 0 Å². The van der Waals surface area contributed by atoms with E-state index in [0.717, 1.165) is 11.6 Å². The van der Waals surface area contributed by atoms with Crippen molar-refractivity contribution in [3.8, 4) is 16.9 Å². The lowest BCUT2D eigenvalue weighted by Gasteiger charge is -2.44. The Balaban J connectivity index is 1.54. The maximum absolute atomic E-state index is 14.2. The number of aryl methyl sites for hydroxylation is 1. The highest BCUT2D eigenvalue weighted by molar-refractivity contribution is 7.92. The smallest absolute Gasteiger partial charge is 0.309 e. The summed E-state index contributed by atoms with van der Waals surface area (Å²) in [6.45, 7) is 3.50. The number of aliphatic carboxylic acids is 1. The van der Waals surface area contributed by atoms with Crippen molar-refractivity contribution in [3.63, 3.8) is 0 Å². The molecule has 1 atom stereocenters. The van der Waals surface area contributed by atoms with E-state index in [1.54, 1.807) is 44.2 Å². The Morgan fingerprint density at radius 2 is 1.89 bits per heavy atom. The van der Waals surface area contributed by atoms with Crippen LogP contribution >= 0.6 is 11.6 Å². The van der Waals surface area contributed by atoms with Gasteiger partial charge >= 0.3 is 5.97 Å². The predicted molar refractivity (Wildman–Crippen MR) is 140 cm³/mol. The third kappa shape index (κ3) is 4.73. The number of sulfonamides is 1. The first-order valence-corrected chi connectivity index (χ1v) is 14.0. The van der Waals surface area contributed by atoms with Gasteiger partial charge in [0.2, 0.25) is 0 Å². The standard InChI is InChI=1S/C28H26ClF2NO5S/c1-16-4-3-5-21(8-16)38(35,36)32-15-20(9-17-13-28(2,14-17)27(33)34)37-25-7-6-18(10-24(25)32)22-11-19(30)12-23(31)26(22)29/h3-8,10-12,17,20H,9,13-15H2,1-2H3,(H,33,34)/t17?,20-,28?/m0/s1. The molecule has 0 bridgehead atoms. The molecule has 1 fully saturated rings. The van der Waals surface area contributed by atoms with Crippen LogP contribution in [0.4, 0.5) is 14.5 Å². The molecule has 1 aliphatic carbocycles. The third-order valence-electron chi connectivity index (χ3n) is 7.36. The lowest BCUT2D eigenvalue weighted by atomic mass is 9.61. The molecule has 3 aromatic carbocycles. The van der Waals surface area contributed by atoms with Gasteiger partial charge in [-0.15, -0.1) is 0 Å². The number of benzene rings is 3. The Morgan fingerprint density at radius 3 is 2.58 bits per heavy atom. The zero-order valence-corrected chi connectivity index (χ0v) is 22.3. The number of halogens is 3. The molecule has 0 aromatic heterocycles. The van der Waals surface area contributed by atoms with E-state index in [4.69, 9.17) is 16.3 Å². The summed E-state index contributed by atoms with van der Waals surface area (Å²) in [5.74, 6) is -2.19. The Kier molecular flexibility index (Phi) is 6.64. The van der Waals surface area contributed by atoms with Gasteiger partial charge in [-0.1, -0.05) is 29.8 Å². The van der Waals surface area contributed by atoms with Crippen molar-refractivity contribution in [3.05, 3.63) is 76.8 Å². The molecular weight excluding hydrogens is 536 g/mol. The van der Waals surface area contributed by atoms with Gasteiger partial charge in [0.1, 0.15) is 23.5 Å². The van der Waals surface area contributed by atoms with E-state index in [1.165, 1.54) is 16.4 Å². The topological polar surface area (TPSA) is 83.9 Å². The molecule has 0 saturated heterocycles.